The topological polar surface area (TPSA) is 94.4 Å². The minimum Gasteiger partial charge on any atom is -0.457 e. The van der Waals surface area contributed by atoms with E-state index in [1.165, 1.54) is 6.92 Å². The van der Waals surface area contributed by atoms with Gasteiger partial charge in [0.15, 0.2) is 18.3 Å². The SMILES string of the molecule is C=C(C)C(=O)OC(O)COc1nc(-c2ccccc2C)nc(-c2ccccc2C)n1. The molecule has 1 atom stereocenters. The zero-order valence-corrected chi connectivity index (χ0v) is 17.1. The first-order valence-electron chi connectivity index (χ1n) is 9.40. The van der Waals surface area contributed by atoms with E-state index in [2.05, 4.69) is 21.5 Å². The molecule has 0 aliphatic carbocycles. The number of rotatable bonds is 7. The second kappa shape index (κ2) is 9.28. The van der Waals surface area contributed by atoms with Gasteiger partial charge in [-0.1, -0.05) is 55.1 Å². The van der Waals surface area contributed by atoms with Gasteiger partial charge in [0.2, 0.25) is 6.29 Å². The van der Waals surface area contributed by atoms with Crippen LogP contribution in [0.25, 0.3) is 22.8 Å². The second-order valence-corrected chi connectivity index (χ2v) is 6.85. The van der Waals surface area contributed by atoms with Crippen molar-refractivity contribution in [1.82, 2.24) is 15.0 Å². The van der Waals surface area contributed by atoms with Gasteiger partial charge in [-0.3, -0.25) is 0 Å². The minimum atomic E-state index is -1.48. The van der Waals surface area contributed by atoms with Crippen molar-refractivity contribution in [2.24, 2.45) is 0 Å². The fraction of sp³-hybridized carbons (Fsp3) is 0.217. The first kappa shape index (κ1) is 21.1. The van der Waals surface area contributed by atoms with E-state index in [-0.39, 0.29) is 18.2 Å². The largest absolute Gasteiger partial charge is 0.457 e. The fourth-order valence-corrected chi connectivity index (χ4v) is 2.71. The van der Waals surface area contributed by atoms with Crippen LogP contribution < -0.4 is 4.74 Å². The van der Waals surface area contributed by atoms with Crippen LogP contribution in [0, 0.1) is 13.8 Å². The molecular weight excluding hydrogens is 382 g/mol. The van der Waals surface area contributed by atoms with Crippen molar-refractivity contribution in [3.63, 3.8) is 0 Å². The Labute approximate surface area is 175 Å². The van der Waals surface area contributed by atoms with Gasteiger partial charge in [0.1, 0.15) is 0 Å². The van der Waals surface area contributed by atoms with Crippen LogP contribution in [-0.2, 0) is 9.53 Å². The molecule has 30 heavy (non-hydrogen) atoms. The normalized spacial score (nSPS) is 11.6. The highest BCUT2D eigenvalue weighted by Crippen LogP contribution is 2.26. The monoisotopic (exact) mass is 405 g/mol. The highest BCUT2D eigenvalue weighted by Gasteiger charge is 2.17. The summed E-state index contributed by atoms with van der Waals surface area (Å²) in [6.07, 6.45) is -1.48. The molecule has 0 fully saturated rings. The van der Waals surface area contributed by atoms with Crippen LogP contribution in [0.2, 0.25) is 0 Å². The number of aliphatic hydroxyl groups excluding tert-OH is 1. The lowest BCUT2D eigenvalue weighted by Gasteiger charge is -2.14. The van der Waals surface area contributed by atoms with Crippen LogP contribution in [0.1, 0.15) is 18.1 Å². The molecule has 0 amide bonds. The molecule has 0 saturated carbocycles. The van der Waals surface area contributed by atoms with E-state index >= 15 is 0 Å². The van der Waals surface area contributed by atoms with Crippen molar-refractivity contribution in [1.29, 1.82) is 0 Å². The number of nitrogens with zero attached hydrogens (tertiary/aromatic N) is 3. The summed E-state index contributed by atoms with van der Waals surface area (Å²) in [6, 6.07) is 15.5. The molecule has 7 nitrogen and oxygen atoms in total. The lowest BCUT2D eigenvalue weighted by Crippen LogP contribution is -2.25. The average Bonchev–Trinajstić information content (AvgIpc) is 2.72. The predicted octanol–water partition coefficient (Wildman–Crippen LogP) is 3.64. The molecule has 154 valence electrons. The Kier molecular flexibility index (Phi) is 6.54. The van der Waals surface area contributed by atoms with Crippen LogP contribution in [0.5, 0.6) is 6.01 Å². The lowest BCUT2D eigenvalue weighted by molar-refractivity contribution is -0.167. The zero-order valence-electron chi connectivity index (χ0n) is 17.1. The summed E-state index contributed by atoms with van der Waals surface area (Å²) in [5.41, 5.74) is 3.86. The van der Waals surface area contributed by atoms with Crippen molar-refractivity contribution in [2.45, 2.75) is 27.1 Å². The molecular formula is C23H23N3O4. The lowest BCUT2D eigenvalue weighted by atomic mass is 10.1. The Morgan fingerprint density at radius 2 is 1.47 bits per heavy atom. The summed E-state index contributed by atoms with van der Waals surface area (Å²) in [5.74, 6) is 0.192. The average molecular weight is 405 g/mol. The third-order valence-corrected chi connectivity index (χ3v) is 4.33. The van der Waals surface area contributed by atoms with Gasteiger partial charge in [0.05, 0.1) is 0 Å². The summed E-state index contributed by atoms with van der Waals surface area (Å²) in [6.45, 7) is 8.57. The van der Waals surface area contributed by atoms with Gasteiger partial charge in [-0.2, -0.15) is 9.97 Å². The maximum absolute atomic E-state index is 11.5. The number of carbonyl (C=O) groups is 1. The summed E-state index contributed by atoms with van der Waals surface area (Å²) in [5, 5.41) is 9.91. The number of esters is 1. The summed E-state index contributed by atoms with van der Waals surface area (Å²) in [7, 11) is 0. The van der Waals surface area contributed by atoms with Crippen molar-refractivity contribution < 1.29 is 19.4 Å². The Hall–Kier alpha value is -3.58. The molecule has 0 spiro atoms. The standard InChI is InChI=1S/C23H23N3O4/c1-14(2)22(28)30-19(27)13-29-23-25-20(17-11-7-5-9-15(17)3)24-21(26-23)18-12-8-6-10-16(18)4/h5-12,19,27H,1,13H2,2-4H3. The number of ether oxygens (including phenoxy) is 2. The number of hydrogen-bond acceptors (Lipinski definition) is 7. The van der Waals surface area contributed by atoms with Crippen molar-refractivity contribution in [3.05, 3.63) is 71.8 Å². The number of aryl methyl sites for hydroxylation is 2. The number of benzene rings is 2. The molecule has 0 saturated heterocycles. The third-order valence-electron chi connectivity index (χ3n) is 4.33. The molecule has 1 N–H and O–H groups in total. The van der Waals surface area contributed by atoms with Crippen molar-refractivity contribution in [2.75, 3.05) is 6.61 Å². The second-order valence-electron chi connectivity index (χ2n) is 6.85. The number of aliphatic hydroxyl groups is 1. The van der Waals surface area contributed by atoms with E-state index in [0.29, 0.717) is 11.6 Å². The van der Waals surface area contributed by atoms with Gasteiger partial charge >= 0.3 is 12.0 Å². The Morgan fingerprint density at radius 3 is 1.93 bits per heavy atom. The van der Waals surface area contributed by atoms with Crippen LogP contribution in [0.15, 0.2) is 60.7 Å². The fourth-order valence-electron chi connectivity index (χ4n) is 2.71. The van der Waals surface area contributed by atoms with Gasteiger partial charge in [-0.25, -0.2) is 9.78 Å². The third kappa shape index (κ3) is 5.07. The highest BCUT2D eigenvalue weighted by molar-refractivity contribution is 5.87. The van der Waals surface area contributed by atoms with Crippen LogP contribution in [0.3, 0.4) is 0 Å². The molecule has 0 aliphatic heterocycles. The van der Waals surface area contributed by atoms with Gasteiger partial charge < -0.3 is 14.6 Å². The number of hydrogen-bond donors (Lipinski definition) is 1. The maximum Gasteiger partial charge on any atom is 0.335 e. The van der Waals surface area contributed by atoms with E-state index in [9.17, 15) is 9.90 Å². The van der Waals surface area contributed by atoms with E-state index in [1.54, 1.807) is 0 Å². The van der Waals surface area contributed by atoms with E-state index in [0.717, 1.165) is 22.3 Å². The zero-order chi connectivity index (χ0) is 21.7. The first-order valence-corrected chi connectivity index (χ1v) is 9.40. The number of aromatic nitrogens is 3. The minimum absolute atomic E-state index is 0.0203. The molecule has 3 rings (SSSR count). The molecule has 0 radical (unpaired) electrons. The van der Waals surface area contributed by atoms with Crippen molar-refractivity contribution >= 4 is 5.97 Å². The number of carbonyl (C=O) groups excluding carboxylic acids is 1. The van der Waals surface area contributed by atoms with Crippen LogP contribution >= 0.6 is 0 Å². The molecule has 0 aliphatic rings. The van der Waals surface area contributed by atoms with Gasteiger partial charge in [0, 0.05) is 16.7 Å². The summed E-state index contributed by atoms with van der Waals surface area (Å²) in [4.78, 5) is 25.0. The van der Waals surface area contributed by atoms with Gasteiger partial charge in [-0.05, 0) is 31.9 Å². The molecule has 1 unspecified atom stereocenters. The highest BCUT2D eigenvalue weighted by atomic mass is 16.7. The molecule has 3 aromatic rings. The maximum atomic E-state index is 11.5. The Balaban J connectivity index is 1.94. The molecule has 1 aromatic heterocycles. The molecule has 2 aromatic carbocycles. The van der Waals surface area contributed by atoms with E-state index < -0.39 is 12.3 Å². The van der Waals surface area contributed by atoms with Gasteiger partial charge in [0.25, 0.3) is 0 Å². The van der Waals surface area contributed by atoms with Crippen LogP contribution in [0.4, 0.5) is 0 Å². The summed E-state index contributed by atoms with van der Waals surface area (Å²) >= 11 is 0. The first-order chi connectivity index (χ1) is 14.3. The Bertz CT molecular complexity index is 1020. The van der Waals surface area contributed by atoms with Gasteiger partial charge in [-0.15, -0.1) is 0 Å². The molecule has 0 bridgehead atoms. The summed E-state index contributed by atoms with van der Waals surface area (Å²) < 4.78 is 10.4. The van der Waals surface area contributed by atoms with Crippen molar-refractivity contribution in [3.8, 4) is 28.8 Å². The predicted molar refractivity (Wildman–Crippen MR) is 113 cm³/mol. The van der Waals surface area contributed by atoms with Crippen LogP contribution in [-0.4, -0.2) is 38.9 Å². The Morgan fingerprint density at radius 1 is 0.967 bits per heavy atom. The molecule has 1 heterocycles. The van der Waals surface area contributed by atoms with E-state index in [1.807, 2.05) is 62.4 Å². The smallest absolute Gasteiger partial charge is 0.335 e. The van der Waals surface area contributed by atoms with E-state index in [4.69, 9.17) is 9.47 Å². The quantitative estimate of drug-likeness (QED) is 0.364. The molecule has 7 heteroatoms.